The van der Waals surface area contributed by atoms with Gasteiger partial charge in [0, 0.05) is 19.0 Å². The topological polar surface area (TPSA) is 117 Å². The van der Waals surface area contributed by atoms with Crippen molar-refractivity contribution >= 4 is 39.1 Å². The molecule has 4 aromatic rings. The van der Waals surface area contributed by atoms with Gasteiger partial charge in [-0.2, -0.15) is 10.1 Å². The van der Waals surface area contributed by atoms with Crippen molar-refractivity contribution in [1.82, 2.24) is 19.7 Å². The number of hydrogen-bond acceptors (Lipinski definition) is 9. The fraction of sp³-hybridized carbons (Fsp3) is 0.261. The molecule has 0 aliphatic heterocycles. The second-order valence-corrected chi connectivity index (χ2v) is 8.18. The van der Waals surface area contributed by atoms with Crippen molar-refractivity contribution in [1.29, 1.82) is 0 Å². The molecule has 1 amide bonds. The Kier molecular flexibility index (Phi) is 6.85. The monoisotopic (exact) mass is 481 g/mol. The van der Waals surface area contributed by atoms with Crippen LogP contribution in [0.25, 0.3) is 15.9 Å². The number of amides is 1. The Labute approximate surface area is 199 Å². The second-order valence-electron chi connectivity index (χ2n) is 7.19. The van der Waals surface area contributed by atoms with Gasteiger partial charge in [0.1, 0.15) is 11.4 Å². The lowest BCUT2D eigenvalue weighted by Gasteiger charge is -2.07. The van der Waals surface area contributed by atoms with Gasteiger partial charge >= 0.3 is 5.97 Å². The SMILES string of the molecule is CCOC(=O)c1ccn(-c2ccc(NC(=O)c3sc4nc(COC)nc(OC)c4c3C)cc2)n1. The molecule has 0 atom stereocenters. The maximum Gasteiger partial charge on any atom is 0.358 e. The maximum absolute atomic E-state index is 13.0. The third kappa shape index (κ3) is 4.61. The summed E-state index contributed by atoms with van der Waals surface area (Å²) in [6.07, 6.45) is 1.67. The van der Waals surface area contributed by atoms with E-state index in [1.165, 1.54) is 18.4 Å². The lowest BCUT2D eigenvalue weighted by molar-refractivity contribution is 0.0519. The van der Waals surface area contributed by atoms with E-state index in [-0.39, 0.29) is 24.8 Å². The summed E-state index contributed by atoms with van der Waals surface area (Å²) in [7, 11) is 3.10. The van der Waals surface area contributed by atoms with E-state index in [1.807, 2.05) is 6.92 Å². The molecule has 1 aromatic carbocycles. The normalized spacial score (nSPS) is 10.9. The Morgan fingerprint density at radius 3 is 2.56 bits per heavy atom. The number of hydrogen-bond donors (Lipinski definition) is 1. The zero-order valence-electron chi connectivity index (χ0n) is 19.1. The van der Waals surface area contributed by atoms with Gasteiger partial charge in [0.15, 0.2) is 11.5 Å². The van der Waals surface area contributed by atoms with Gasteiger partial charge in [0.05, 0.1) is 29.7 Å². The largest absolute Gasteiger partial charge is 0.480 e. The maximum atomic E-state index is 13.0. The number of ether oxygens (including phenoxy) is 3. The van der Waals surface area contributed by atoms with E-state index in [0.717, 1.165) is 11.3 Å². The number of anilines is 1. The van der Waals surface area contributed by atoms with E-state index in [1.54, 1.807) is 55.2 Å². The summed E-state index contributed by atoms with van der Waals surface area (Å²) in [5.41, 5.74) is 2.32. The number of aromatic nitrogens is 4. The molecule has 11 heteroatoms. The molecule has 0 aliphatic rings. The quantitative estimate of drug-likeness (QED) is 0.378. The first-order valence-electron chi connectivity index (χ1n) is 10.4. The van der Waals surface area contributed by atoms with Crippen LogP contribution < -0.4 is 10.1 Å². The highest BCUT2D eigenvalue weighted by Gasteiger charge is 2.21. The van der Waals surface area contributed by atoms with Crippen molar-refractivity contribution in [2.24, 2.45) is 0 Å². The third-order valence-corrected chi connectivity index (χ3v) is 6.12. The number of fused-ring (bicyclic) bond motifs is 1. The zero-order valence-corrected chi connectivity index (χ0v) is 19.9. The van der Waals surface area contributed by atoms with Gasteiger partial charge in [-0.15, -0.1) is 11.3 Å². The van der Waals surface area contributed by atoms with Crippen LogP contribution in [0.4, 0.5) is 5.69 Å². The van der Waals surface area contributed by atoms with Crippen molar-refractivity contribution in [3.8, 4) is 11.6 Å². The van der Waals surface area contributed by atoms with Gasteiger partial charge < -0.3 is 19.5 Å². The molecular formula is C23H23N5O5S. The van der Waals surface area contributed by atoms with E-state index in [2.05, 4.69) is 20.4 Å². The molecule has 0 saturated carbocycles. The molecule has 0 fully saturated rings. The summed E-state index contributed by atoms with van der Waals surface area (Å²) in [5.74, 6) is 0.169. The molecule has 10 nitrogen and oxygen atoms in total. The van der Waals surface area contributed by atoms with Crippen molar-refractivity contribution in [2.45, 2.75) is 20.5 Å². The summed E-state index contributed by atoms with van der Waals surface area (Å²) in [5, 5.41) is 7.85. The summed E-state index contributed by atoms with van der Waals surface area (Å²) >= 11 is 1.27. The second kappa shape index (κ2) is 9.98. The summed E-state index contributed by atoms with van der Waals surface area (Å²) in [6, 6.07) is 8.70. The molecule has 0 radical (unpaired) electrons. The fourth-order valence-corrected chi connectivity index (χ4v) is 4.45. The predicted molar refractivity (Wildman–Crippen MR) is 127 cm³/mol. The number of rotatable bonds is 8. The van der Waals surface area contributed by atoms with E-state index < -0.39 is 5.97 Å². The molecule has 3 aromatic heterocycles. The van der Waals surface area contributed by atoms with Gasteiger partial charge in [0.25, 0.3) is 5.91 Å². The van der Waals surface area contributed by atoms with Crippen LogP contribution in [0.1, 0.15) is 38.5 Å². The van der Waals surface area contributed by atoms with Gasteiger partial charge in [0.2, 0.25) is 5.88 Å². The first-order valence-corrected chi connectivity index (χ1v) is 11.2. The first kappa shape index (κ1) is 23.3. The number of benzene rings is 1. The molecule has 34 heavy (non-hydrogen) atoms. The van der Waals surface area contributed by atoms with Crippen LogP contribution in [-0.2, 0) is 16.1 Å². The van der Waals surface area contributed by atoms with Crippen molar-refractivity contribution in [3.63, 3.8) is 0 Å². The van der Waals surface area contributed by atoms with E-state index >= 15 is 0 Å². The standard InChI is InChI=1S/C23H23N5O5S/c1-5-33-23(30)16-10-11-28(27-16)15-8-6-14(7-9-15)24-20(29)19-13(2)18-21(32-4)25-17(12-31-3)26-22(18)34-19/h6-11H,5,12H2,1-4H3,(H,24,29). The zero-order chi connectivity index (χ0) is 24.2. The van der Waals surface area contributed by atoms with Gasteiger partial charge in [-0.1, -0.05) is 0 Å². The number of thiophene rings is 1. The van der Waals surface area contributed by atoms with Gasteiger partial charge in [-0.3, -0.25) is 4.79 Å². The Hall–Kier alpha value is -3.83. The van der Waals surface area contributed by atoms with Crippen LogP contribution in [-0.4, -0.2) is 52.5 Å². The Bertz CT molecular complexity index is 1350. The molecule has 176 valence electrons. The molecule has 4 rings (SSSR count). The molecular weight excluding hydrogens is 458 g/mol. The van der Waals surface area contributed by atoms with Crippen LogP contribution >= 0.6 is 11.3 Å². The molecule has 3 heterocycles. The number of nitrogens with one attached hydrogen (secondary N) is 1. The average Bonchev–Trinajstić information content (AvgIpc) is 3.45. The van der Waals surface area contributed by atoms with Crippen LogP contribution in [0.2, 0.25) is 0 Å². The molecule has 0 aliphatic carbocycles. The number of nitrogens with zero attached hydrogens (tertiary/aromatic N) is 4. The smallest absolute Gasteiger partial charge is 0.358 e. The lowest BCUT2D eigenvalue weighted by Crippen LogP contribution is -2.11. The molecule has 0 bridgehead atoms. The van der Waals surface area contributed by atoms with Crippen LogP contribution in [0.5, 0.6) is 5.88 Å². The molecule has 0 saturated heterocycles. The number of aryl methyl sites for hydroxylation is 1. The minimum Gasteiger partial charge on any atom is -0.480 e. The third-order valence-electron chi connectivity index (χ3n) is 4.94. The highest BCUT2D eigenvalue weighted by molar-refractivity contribution is 7.20. The van der Waals surface area contributed by atoms with Crippen molar-refractivity contribution in [3.05, 3.63) is 58.5 Å². The summed E-state index contributed by atoms with van der Waals surface area (Å²) in [6.45, 7) is 4.12. The minimum atomic E-state index is -0.473. The summed E-state index contributed by atoms with van der Waals surface area (Å²) < 4.78 is 17.1. The number of methoxy groups -OCH3 is 2. The van der Waals surface area contributed by atoms with Gasteiger partial charge in [-0.05, 0) is 49.7 Å². The van der Waals surface area contributed by atoms with Crippen LogP contribution in [0.3, 0.4) is 0 Å². The first-order chi connectivity index (χ1) is 16.4. The Morgan fingerprint density at radius 1 is 1.12 bits per heavy atom. The van der Waals surface area contributed by atoms with E-state index in [0.29, 0.717) is 32.5 Å². The van der Waals surface area contributed by atoms with Crippen LogP contribution in [0.15, 0.2) is 36.5 Å². The molecule has 1 N–H and O–H groups in total. The highest BCUT2D eigenvalue weighted by Crippen LogP contribution is 2.35. The van der Waals surface area contributed by atoms with Crippen molar-refractivity contribution in [2.75, 3.05) is 26.1 Å². The van der Waals surface area contributed by atoms with E-state index in [9.17, 15) is 9.59 Å². The molecule has 0 spiro atoms. The predicted octanol–water partition coefficient (Wildman–Crippen LogP) is 3.77. The van der Waals surface area contributed by atoms with Crippen LogP contribution in [0, 0.1) is 6.92 Å². The number of carbonyl (C=O) groups is 2. The molecule has 0 unspecified atom stereocenters. The Morgan fingerprint density at radius 2 is 1.88 bits per heavy atom. The Balaban J connectivity index is 1.54. The number of carbonyl (C=O) groups excluding carboxylic acids is 2. The average molecular weight is 482 g/mol. The minimum absolute atomic E-state index is 0.228. The number of esters is 1. The lowest BCUT2D eigenvalue weighted by atomic mass is 10.2. The van der Waals surface area contributed by atoms with Gasteiger partial charge in [-0.25, -0.2) is 14.5 Å². The highest BCUT2D eigenvalue weighted by atomic mass is 32.1. The summed E-state index contributed by atoms with van der Waals surface area (Å²) in [4.78, 5) is 34.9. The fourth-order valence-electron chi connectivity index (χ4n) is 3.37. The van der Waals surface area contributed by atoms with E-state index in [4.69, 9.17) is 14.2 Å². The van der Waals surface area contributed by atoms with Crippen molar-refractivity contribution < 1.29 is 23.8 Å².